The number of benzene rings is 1. The molecule has 0 spiro atoms. The highest BCUT2D eigenvalue weighted by molar-refractivity contribution is 7.90. The minimum atomic E-state index is -3.42. The van der Waals surface area contributed by atoms with E-state index in [4.69, 9.17) is 4.74 Å². The Hall–Kier alpha value is -1.40. The van der Waals surface area contributed by atoms with Crippen LogP contribution in [0.15, 0.2) is 34.2 Å². The highest BCUT2D eigenvalue weighted by Crippen LogP contribution is 2.28. The van der Waals surface area contributed by atoms with Gasteiger partial charge in [0.25, 0.3) is 10.0 Å². The molecule has 20 heavy (non-hydrogen) atoms. The summed E-state index contributed by atoms with van der Waals surface area (Å²) in [4.78, 5) is 4.65. The molecule has 108 valence electrons. The Bertz CT molecular complexity index is 621. The lowest BCUT2D eigenvalue weighted by molar-refractivity contribution is 0.123. The molecule has 0 aromatic heterocycles. The molecular weight excluding hydrogens is 276 g/mol. The maximum atomic E-state index is 11.9. The van der Waals surface area contributed by atoms with E-state index in [0.29, 0.717) is 29.4 Å². The number of hydrogen-bond donors (Lipinski definition) is 1. The van der Waals surface area contributed by atoms with Gasteiger partial charge in [-0.1, -0.05) is 12.1 Å². The monoisotopic (exact) mass is 294 g/mol. The molecule has 0 bridgehead atoms. The van der Waals surface area contributed by atoms with Crippen LogP contribution >= 0.6 is 0 Å². The van der Waals surface area contributed by atoms with Crippen LogP contribution in [0.25, 0.3) is 0 Å². The molecule has 0 saturated heterocycles. The molecule has 5 nitrogen and oxygen atoms in total. The molecule has 1 aliphatic heterocycles. The van der Waals surface area contributed by atoms with E-state index >= 15 is 0 Å². The lowest BCUT2D eigenvalue weighted by atomic mass is 10.2. The van der Waals surface area contributed by atoms with Gasteiger partial charge in [-0.3, -0.25) is 9.71 Å². The molecule has 1 aliphatic carbocycles. The molecule has 0 atom stereocenters. The van der Waals surface area contributed by atoms with E-state index in [1.165, 1.54) is 12.8 Å². The zero-order valence-corrected chi connectivity index (χ0v) is 12.0. The summed E-state index contributed by atoms with van der Waals surface area (Å²) in [6.07, 6.45) is 3.39. The third-order valence-corrected chi connectivity index (χ3v) is 4.83. The third-order valence-electron chi connectivity index (χ3n) is 3.43. The van der Waals surface area contributed by atoms with E-state index in [1.807, 2.05) is 6.07 Å². The highest BCUT2D eigenvalue weighted by Gasteiger charge is 2.29. The quantitative estimate of drug-likeness (QED) is 0.809. The lowest BCUT2D eigenvalue weighted by Crippen LogP contribution is -2.22. The summed E-state index contributed by atoms with van der Waals surface area (Å²) >= 11 is 0. The number of nitrogens with one attached hydrogen (secondary N) is 1. The molecule has 0 amide bonds. The molecule has 1 heterocycles. The SMILES string of the molecule is O=S1(=O)NC(=NCCCOCC2CC2)c2ccccc21. The van der Waals surface area contributed by atoms with Gasteiger partial charge in [0.15, 0.2) is 0 Å². The van der Waals surface area contributed by atoms with Gasteiger partial charge < -0.3 is 4.74 Å². The van der Waals surface area contributed by atoms with Crippen LogP contribution in [0.3, 0.4) is 0 Å². The van der Waals surface area contributed by atoms with Crippen LogP contribution in [0.5, 0.6) is 0 Å². The van der Waals surface area contributed by atoms with E-state index < -0.39 is 10.0 Å². The Labute approximate surface area is 119 Å². The first kappa shape index (κ1) is 13.6. The Morgan fingerprint density at radius 1 is 1.30 bits per heavy atom. The number of fused-ring (bicyclic) bond motifs is 1. The maximum absolute atomic E-state index is 11.9. The number of amidine groups is 1. The van der Waals surface area contributed by atoms with Crippen LogP contribution in [0.4, 0.5) is 0 Å². The summed E-state index contributed by atoms with van der Waals surface area (Å²) in [5.74, 6) is 1.22. The first-order chi connectivity index (χ1) is 9.67. The van der Waals surface area contributed by atoms with E-state index in [0.717, 1.165) is 18.9 Å². The molecule has 1 aromatic carbocycles. The summed E-state index contributed by atoms with van der Waals surface area (Å²) < 4.78 is 31.7. The summed E-state index contributed by atoms with van der Waals surface area (Å²) in [5, 5.41) is 0. The van der Waals surface area contributed by atoms with Crippen molar-refractivity contribution in [1.29, 1.82) is 0 Å². The van der Waals surface area contributed by atoms with Crippen LogP contribution < -0.4 is 4.72 Å². The predicted molar refractivity (Wildman–Crippen MR) is 76.3 cm³/mol. The fraction of sp³-hybridized carbons (Fsp3) is 0.500. The summed E-state index contributed by atoms with van der Waals surface area (Å²) in [5.41, 5.74) is 0.659. The van der Waals surface area contributed by atoms with E-state index in [9.17, 15) is 8.42 Å². The number of nitrogens with zero attached hydrogens (tertiary/aromatic N) is 1. The third kappa shape index (κ3) is 3.02. The zero-order chi connectivity index (χ0) is 14.0. The zero-order valence-electron chi connectivity index (χ0n) is 11.2. The van der Waals surface area contributed by atoms with Crippen LogP contribution in [0, 0.1) is 5.92 Å². The van der Waals surface area contributed by atoms with Crippen molar-refractivity contribution in [2.75, 3.05) is 19.8 Å². The van der Waals surface area contributed by atoms with Gasteiger partial charge in [0.05, 0.1) is 4.90 Å². The van der Waals surface area contributed by atoms with Gasteiger partial charge in [0.1, 0.15) is 5.84 Å². The van der Waals surface area contributed by atoms with Gasteiger partial charge in [-0.15, -0.1) is 0 Å². The average Bonchev–Trinajstić information content (AvgIpc) is 3.21. The Kier molecular flexibility index (Phi) is 3.76. The molecule has 0 unspecified atom stereocenters. The first-order valence-corrected chi connectivity index (χ1v) is 8.39. The van der Waals surface area contributed by atoms with Crippen molar-refractivity contribution in [3.05, 3.63) is 29.8 Å². The number of sulfonamides is 1. The number of aliphatic imine (C=N–C) groups is 1. The summed E-state index contributed by atoms with van der Waals surface area (Å²) in [6, 6.07) is 6.90. The molecule has 1 fully saturated rings. The molecular formula is C14H18N2O3S. The summed E-state index contributed by atoms with van der Waals surface area (Å²) in [6.45, 7) is 2.10. The number of ether oxygens (including phenoxy) is 1. The first-order valence-electron chi connectivity index (χ1n) is 6.91. The minimum absolute atomic E-state index is 0.309. The van der Waals surface area contributed by atoms with E-state index in [1.54, 1.807) is 18.2 Å². The van der Waals surface area contributed by atoms with Crippen molar-refractivity contribution in [3.63, 3.8) is 0 Å². The van der Waals surface area contributed by atoms with Crippen LogP contribution in [-0.4, -0.2) is 34.0 Å². The number of rotatable bonds is 6. The molecule has 2 aliphatic rings. The second-order valence-electron chi connectivity index (χ2n) is 5.20. The largest absolute Gasteiger partial charge is 0.381 e. The topological polar surface area (TPSA) is 67.8 Å². The minimum Gasteiger partial charge on any atom is -0.381 e. The van der Waals surface area contributed by atoms with Crippen molar-refractivity contribution in [2.24, 2.45) is 10.9 Å². The van der Waals surface area contributed by atoms with Crippen LogP contribution in [0.1, 0.15) is 24.8 Å². The van der Waals surface area contributed by atoms with Crippen molar-refractivity contribution in [3.8, 4) is 0 Å². The van der Waals surface area contributed by atoms with Gasteiger partial charge in [-0.2, -0.15) is 0 Å². The Balaban J connectivity index is 1.56. The number of hydrogen-bond acceptors (Lipinski definition) is 4. The fourth-order valence-corrected chi connectivity index (χ4v) is 3.39. The average molecular weight is 294 g/mol. The second kappa shape index (κ2) is 5.54. The van der Waals surface area contributed by atoms with Crippen LogP contribution in [0.2, 0.25) is 0 Å². The van der Waals surface area contributed by atoms with Crippen molar-refractivity contribution in [1.82, 2.24) is 4.72 Å². The predicted octanol–water partition coefficient (Wildman–Crippen LogP) is 1.54. The van der Waals surface area contributed by atoms with Crippen molar-refractivity contribution < 1.29 is 13.2 Å². The molecule has 1 saturated carbocycles. The van der Waals surface area contributed by atoms with Gasteiger partial charge in [-0.05, 0) is 37.3 Å². The maximum Gasteiger partial charge on any atom is 0.263 e. The van der Waals surface area contributed by atoms with Gasteiger partial charge in [0, 0.05) is 25.3 Å². The molecule has 1 aromatic rings. The van der Waals surface area contributed by atoms with Crippen LogP contribution in [-0.2, 0) is 14.8 Å². The smallest absolute Gasteiger partial charge is 0.263 e. The van der Waals surface area contributed by atoms with E-state index in [2.05, 4.69) is 9.71 Å². The normalized spacial score (nSPS) is 21.7. The van der Waals surface area contributed by atoms with Crippen molar-refractivity contribution in [2.45, 2.75) is 24.2 Å². The molecule has 3 rings (SSSR count). The lowest BCUT2D eigenvalue weighted by Gasteiger charge is -2.02. The fourth-order valence-electron chi connectivity index (χ4n) is 2.14. The Morgan fingerprint density at radius 2 is 2.10 bits per heavy atom. The standard InChI is InChI=1S/C14H18N2O3S/c17-20(18)13-5-2-1-4-12(13)14(16-20)15-8-3-9-19-10-11-6-7-11/h1-2,4-5,11H,3,6-10H2,(H,15,16). The second-order valence-corrected chi connectivity index (χ2v) is 6.85. The van der Waals surface area contributed by atoms with E-state index in [-0.39, 0.29) is 0 Å². The van der Waals surface area contributed by atoms with Gasteiger partial charge in [0.2, 0.25) is 0 Å². The highest BCUT2D eigenvalue weighted by atomic mass is 32.2. The molecule has 0 radical (unpaired) electrons. The summed E-state index contributed by atoms with van der Waals surface area (Å²) in [7, 11) is -3.42. The van der Waals surface area contributed by atoms with Crippen molar-refractivity contribution >= 4 is 15.9 Å². The van der Waals surface area contributed by atoms with Gasteiger partial charge >= 0.3 is 0 Å². The molecule has 6 heteroatoms. The van der Waals surface area contributed by atoms with Gasteiger partial charge in [-0.25, -0.2) is 8.42 Å². The Morgan fingerprint density at radius 3 is 2.90 bits per heavy atom. The molecule has 1 N–H and O–H groups in total.